The molecule has 33 heavy (non-hydrogen) atoms. The lowest BCUT2D eigenvalue weighted by atomic mass is 9.96. The fourth-order valence-electron chi connectivity index (χ4n) is 4.13. The quantitative estimate of drug-likeness (QED) is 0.631. The Bertz CT molecular complexity index is 843. The predicted octanol–water partition coefficient (Wildman–Crippen LogP) is 3.87. The molecule has 0 saturated carbocycles. The highest BCUT2D eigenvalue weighted by atomic mass is 19.4. The number of hydrogen-bond acceptors (Lipinski definition) is 3. The molecule has 2 fully saturated rings. The SMILES string of the molecule is O=C(NCC1CCN(CC(=O)N2CCC(F)(F)CC2)CC1)c1cc(CF)cc(C(F)(F)F)c1. The molecule has 0 bridgehead atoms. The number of benzene rings is 1. The average molecular weight is 479 g/mol. The summed E-state index contributed by atoms with van der Waals surface area (Å²) >= 11 is 0. The van der Waals surface area contributed by atoms with E-state index in [-0.39, 0.29) is 62.0 Å². The van der Waals surface area contributed by atoms with Gasteiger partial charge in [0.05, 0.1) is 12.1 Å². The van der Waals surface area contributed by atoms with Gasteiger partial charge >= 0.3 is 6.18 Å². The lowest BCUT2D eigenvalue weighted by molar-refractivity contribution is -0.139. The normalized spacial score (nSPS) is 20.0. The van der Waals surface area contributed by atoms with Gasteiger partial charge in [0, 0.05) is 38.0 Å². The van der Waals surface area contributed by atoms with E-state index in [0.717, 1.165) is 6.07 Å². The minimum atomic E-state index is -4.68. The fourth-order valence-corrected chi connectivity index (χ4v) is 4.13. The number of carbonyl (C=O) groups is 2. The second-order valence-electron chi connectivity index (χ2n) is 8.72. The molecule has 2 aliphatic heterocycles. The first-order chi connectivity index (χ1) is 15.5. The zero-order valence-electron chi connectivity index (χ0n) is 18.1. The molecule has 0 unspecified atom stereocenters. The van der Waals surface area contributed by atoms with Gasteiger partial charge in [0.1, 0.15) is 6.67 Å². The number of nitrogens with zero attached hydrogens (tertiary/aromatic N) is 2. The molecule has 0 aliphatic carbocycles. The number of piperidine rings is 2. The van der Waals surface area contributed by atoms with Crippen LogP contribution in [-0.2, 0) is 17.6 Å². The number of nitrogens with one attached hydrogen (secondary N) is 1. The molecule has 5 nitrogen and oxygen atoms in total. The lowest BCUT2D eigenvalue weighted by Crippen LogP contribution is -2.48. The fraction of sp³-hybridized carbons (Fsp3) is 0.636. The van der Waals surface area contributed by atoms with Crippen molar-refractivity contribution in [3.63, 3.8) is 0 Å². The molecule has 1 N–H and O–H groups in total. The van der Waals surface area contributed by atoms with Gasteiger partial charge in [-0.2, -0.15) is 13.2 Å². The van der Waals surface area contributed by atoms with E-state index < -0.39 is 30.2 Å². The number of carbonyl (C=O) groups excluding carboxylic acids is 2. The molecule has 2 saturated heterocycles. The molecular formula is C22H27F6N3O2. The smallest absolute Gasteiger partial charge is 0.352 e. The summed E-state index contributed by atoms with van der Waals surface area (Å²) in [5.74, 6) is -3.50. The average Bonchev–Trinajstić information content (AvgIpc) is 2.77. The van der Waals surface area contributed by atoms with Crippen LogP contribution >= 0.6 is 0 Å². The Balaban J connectivity index is 1.44. The van der Waals surface area contributed by atoms with E-state index >= 15 is 0 Å². The molecular weight excluding hydrogens is 452 g/mol. The maximum Gasteiger partial charge on any atom is 0.416 e. The van der Waals surface area contributed by atoms with Crippen molar-refractivity contribution in [2.75, 3.05) is 39.3 Å². The van der Waals surface area contributed by atoms with Crippen LogP contribution in [0.4, 0.5) is 26.3 Å². The van der Waals surface area contributed by atoms with Crippen LogP contribution in [0, 0.1) is 5.92 Å². The lowest BCUT2D eigenvalue weighted by Gasteiger charge is -2.35. The van der Waals surface area contributed by atoms with Crippen molar-refractivity contribution in [1.29, 1.82) is 0 Å². The summed E-state index contributed by atoms with van der Waals surface area (Å²) in [5.41, 5.74) is -1.53. The van der Waals surface area contributed by atoms with Gasteiger partial charge in [0.15, 0.2) is 0 Å². The van der Waals surface area contributed by atoms with E-state index in [2.05, 4.69) is 5.32 Å². The van der Waals surface area contributed by atoms with E-state index in [9.17, 15) is 35.9 Å². The van der Waals surface area contributed by atoms with Crippen LogP contribution in [0.15, 0.2) is 18.2 Å². The van der Waals surface area contributed by atoms with E-state index in [1.807, 2.05) is 4.90 Å². The molecule has 11 heteroatoms. The van der Waals surface area contributed by atoms with Gasteiger partial charge < -0.3 is 10.2 Å². The Morgan fingerprint density at radius 3 is 2.24 bits per heavy atom. The van der Waals surface area contributed by atoms with Crippen molar-refractivity contribution in [3.05, 3.63) is 34.9 Å². The van der Waals surface area contributed by atoms with Crippen molar-refractivity contribution >= 4 is 11.8 Å². The van der Waals surface area contributed by atoms with Crippen LogP contribution in [0.3, 0.4) is 0 Å². The summed E-state index contributed by atoms with van der Waals surface area (Å²) in [6.07, 6.45) is -3.98. The van der Waals surface area contributed by atoms with E-state index in [0.29, 0.717) is 38.1 Å². The van der Waals surface area contributed by atoms with Crippen LogP contribution in [-0.4, -0.2) is 66.8 Å². The third-order valence-corrected chi connectivity index (χ3v) is 6.20. The summed E-state index contributed by atoms with van der Waals surface area (Å²) < 4.78 is 78.4. The van der Waals surface area contributed by atoms with Crippen molar-refractivity contribution in [2.24, 2.45) is 5.92 Å². The standard InChI is InChI=1S/C22H27F6N3O2/c23-12-16-9-17(11-18(10-16)22(26,27)28)20(33)29-13-15-1-5-30(6-2-15)14-19(32)31-7-3-21(24,25)4-8-31/h9-11,15H,1-8,12-14H2,(H,29,33). The van der Waals surface area contributed by atoms with Crippen LogP contribution in [0.25, 0.3) is 0 Å². The maximum absolute atomic E-state index is 13.2. The van der Waals surface area contributed by atoms with Crippen molar-refractivity contribution < 1.29 is 35.9 Å². The molecule has 0 radical (unpaired) electrons. The predicted molar refractivity (Wildman–Crippen MR) is 109 cm³/mol. The molecule has 2 aliphatic rings. The third-order valence-electron chi connectivity index (χ3n) is 6.20. The van der Waals surface area contributed by atoms with Crippen LogP contribution in [0.1, 0.15) is 47.2 Å². The first-order valence-electron chi connectivity index (χ1n) is 10.9. The molecule has 184 valence electrons. The van der Waals surface area contributed by atoms with Crippen molar-refractivity contribution in [2.45, 2.75) is 44.5 Å². The number of alkyl halides is 6. The second kappa shape index (κ2) is 10.3. The van der Waals surface area contributed by atoms with Gasteiger partial charge in [-0.1, -0.05) is 0 Å². The Hall–Kier alpha value is -2.30. The molecule has 1 aromatic carbocycles. The Labute approximate surface area is 188 Å². The third kappa shape index (κ3) is 7.09. The summed E-state index contributed by atoms with van der Waals surface area (Å²) in [7, 11) is 0. The van der Waals surface area contributed by atoms with Gasteiger partial charge in [0.2, 0.25) is 5.91 Å². The zero-order chi connectivity index (χ0) is 24.2. The molecule has 2 heterocycles. The van der Waals surface area contributed by atoms with Crippen LogP contribution in [0.5, 0.6) is 0 Å². The maximum atomic E-state index is 13.2. The monoisotopic (exact) mass is 479 g/mol. The van der Waals surface area contributed by atoms with Gasteiger partial charge in [-0.25, -0.2) is 13.2 Å². The Kier molecular flexibility index (Phi) is 7.92. The zero-order valence-corrected chi connectivity index (χ0v) is 18.1. The highest BCUT2D eigenvalue weighted by molar-refractivity contribution is 5.94. The number of amides is 2. The van der Waals surface area contributed by atoms with Gasteiger partial charge in [-0.3, -0.25) is 14.5 Å². The number of hydrogen-bond donors (Lipinski definition) is 1. The summed E-state index contributed by atoms with van der Waals surface area (Å²) in [4.78, 5) is 28.1. The van der Waals surface area contributed by atoms with Gasteiger partial charge in [0.25, 0.3) is 11.8 Å². The minimum absolute atomic E-state index is 0.0496. The van der Waals surface area contributed by atoms with Crippen molar-refractivity contribution in [1.82, 2.24) is 15.1 Å². The van der Waals surface area contributed by atoms with Gasteiger partial charge in [-0.05, 0) is 55.6 Å². The second-order valence-corrected chi connectivity index (χ2v) is 8.72. The van der Waals surface area contributed by atoms with Gasteiger partial charge in [-0.15, -0.1) is 0 Å². The molecule has 0 aromatic heterocycles. The first-order valence-corrected chi connectivity index (χ1v) is 10.9. The summed E-state index contributed by atoms with van der Waals surface area (Å²) in [5, 5.41) is 2.62. The molecule has 2 amide bonds. The van der Waals surface area contributed by atoms with Crippen LogP contribution in [0.2, 0.25) is 0 Å². The highest BCUT2D eigenvalue weighted by Crippen LogP contribution is 2.31. The number of likely N-dealkylation sites (tertiary alicyclic amines) is 2. The number of halogens is 6. The summed E-state index contributed by atoms with van der Waals surface area (Å²) in [6.45, 7) is 0.574. The largest absolute Gasteiger partial charge is 0.416 e. The molecule has 0 atom stereocenters. The minimum Gasteiger partial charge on any atom is -0.352 e. The first kappa shape index (κ1) is 25.3. The van der Waals surface area contributed by atoms with E-state index in [4.69, 9.17) is 0 Å². The summed E-state index contributed by atoms with van der Waals surface area (Å²) in [6, 6.07) is 2.50. The Morgan fingerprint density at radius 1 is 1.03 bits per heavy atom. The molecule has 3 rings (SSSR count). The highest BCUT2D eigenvalue weighted by Gasteiger charge is 2.36. The van der Waals surface area contributed by atoms with E-state index in [1.165, 1.54) is 4.90 Å². The van der Waals surface area contributed by atoms with Crippen LogP contribution < -0.4 is 5.32 Å². The Morgan fingerprint density at radius 2 is 1.67 bits per heavy atom. The molecule has 1 aromatic rings. The van der Waals surface area contributed by atoms with Crippen molar-refractivity contribution in [3.8, 4) is 0 Å². The molecule has 0 spiro atoms. The topological polar surface area (TPSA) is 52.7 Å². The van der Waals surface area contributed by atoms with E-state index in [1.54, 1.807) is 0 Å². The number of rotatable bonds is 6.